The highest BCUT2D eigenvalue weighted by Gasteiger charge is 2.24. The summed E-state index contributed by atoms with van der Waals surface area (Å²) in [6, 6.07) is 20.0. The lowest BCUT2D eigenvalue weighted by molar-refractivity contribution is 0.0303. The Morgan fingerprint density at radius 2 is 1.62 bits per heavy atom. The summed E-state index contributed by atoms with van der Waals surface area (Å²) < 4.78 is 7.22. The maximum atomic E-state index is 13.1. The van der Waals surface area contributed by atoms with E-state index < -0.39 is 0 Å². The fourth-order valence-electron chi connectivity index (χ4n) is 3.18. The van der Waals surface area contributed by atoms with Crippen LogP contribution in [-0.2, 0) is 11.3 Å². The predicted octanol–water partition coefficient (Wildman–Crippen LogP) is 3.07. The minimum absolute atomic E-state index is 0.0199. The number of benzene rings is 2. The third kappa shape index (κ3) is 3.53. The number of ether oxygens (including phenoxy) is 1. The summed E-state index contributed by atoms with van der Waals surface area (Å²) in [7, 11) is 0. The average molecular weight is 347 g/mol. The summed E-state index contributed by atoms with van der Waals surface area (Å²) in [6.07, 6.45) is 1.87. The summed E-state index contributed by atoms with van der Waals surface area (Å²) in [5, 5.41) is 4.73. The minimum Gasteiger partial charge on any atom is -0.378 e. The van der Waals surface area contributed by atoms with Gasteiger partial charge >= 0.3 is 0 Å². The molecule has 0 radical (unpaired) electrons. The second-order valence-electron chi connectivity index (χ2n) is 6.35. The molecule has 1 saturated heterocycles. The fraction of sp³-hybridized carbons (Fsp3) is 0.238. The van der Waals surface area contributed by atoms with Crippen LogP contribution in [0.2, 0.25) is 0 Å². The van der Waals surface area contributed by atoms with Crippen molar-refractivity contribution < 1.29 is 9.53 Å². The molecule has 26 heavy (non-hydrogen) atoms. The number of amides is 1. The molecule has 1 fully saturated rings. The Balaban J connectivity index is 1.69. The molecule has 1 aliphatic rings. The van der Waals surface area contributed by atoms with Crippen molar-refractivity contribution in [2.24, 2.45) is 0 Å². The lowest BCUT2D eigenvalue weighted by atomic mass is 10.1. The Bertz CT molecular complexity index is 869. The summed E-state index contributed by atoms with van der Waals surface area (Å²) in [6.45, 7) is 3.06. The van der Waals surface area contributed by atoms with E-state index in [1.54, 1.807) is 0 Å². The summed E-state index contributed by atoms with van der Waals surface area (Å²) in [5.74, 6) is 0.0199. The highest BCUT2D eigenvalue weighted by Crippen LogP contribution is 2.24. The number of carbonyl (C=O) groups excluding carboxylic acids is 1. The van der Waals surface area contributed by atoms with Crippen molar-refractivity contribution in [3.63, 3.8) is 0 Å². The molecule has 1 aliphatic heterocycles. The standard InChI is InChI=1S/C21H21N3O2/c25-21(23-11-13-26-14-12-23)19-16-24(15-17-7-3-1-4-8-17)22-20(19)18-9-5-2-6-10-18/h1-10,16H,11-15H2. The van der Waals surface area contributed by atoms with Crippen molar-refractivity contribution >= 4 is 5.91 Å². The molecule has 0 unspecified atom stereocenters. The van der Waals surface area contributed by atoms with E-state index in [2.05, 4.69) is 12.1 Å². The summed E-state index contributed by atoms with van der Waals surface area (Å²) >= 11 is 0. The van der Waals surface area contributed by atoms with Crippen molar-refractivity contribution in [3.8, 4) is 11.3 Å². The molecule has 2 aromatic carbocycles. The van der Waals surface area contributed by atoms with Crippen LogP contribution in [0.1, 0.15) is 15.9 Å². The number of carbonyl (C=O) groups is 1. The molecule has 1 aromatic heterocycles. The number of aromatic nitrogens is 2. The molecule has 3 aromatic rings. The zero-order valence-corrected chi connectivity index (χ0v) is 14.5. The number of nitrogens with zero attached hydrogens (tertiary/aromatic N) is 3. The van der Waals surface area contributed by atoms with Gasteiger partial charge in [-0.05, 0) is 5.56 Å². The molecule has 0 bridgehead atoms. The second-order valence-corrected chi connectivity index (χ2v) is 6.35. The maximum Gasteiger partial charge on any atom is 0.257 e. The first kappa shape index (κ1) is 16.5. The van der Waals surface area contributed by atoms with Gasteiger partial charge in [-0.15, -0.1) is 0 Å². The molecule has 5 heteroatoms. The van der Waals surface area contributed by atoms with E-state index >= 15 is 0 Å². The van der Waals surface area contributed by atoms with Gasteiger partial charge in [-0.25, -0.2) is 0 Å². The highest BCUT2D eigenvalue weighted by atomic mass is 16.5. The van der Waals surface area contributed by atoms with Crippen molar-refractivity contribution in [3.05, 3.63) is 78.0 Å². The first-order valence-electron chi connectivity index (χ1n) is 8.85. The zero-order valence-electron chi connectivity index (χ0n) is 14.5. The molecule has 1 amide bonds. The molecule has 5 nitrogen and oxygen atoms in total. The Morgan fingerprint density at radius 1 is 0.962 bits per heavy atom. The van der Waals surface area contributed by atoms with Crippen LogP contribution in [-0.4, -0.2) is 46.9 Å². The third-order valence-electron chi connectivity index (χ3n) is 4.53. The molecule has 0 N–H and O–H groups in total. The number of hydrogen-bond acceptors (Lipinski definition) is 3. The fourth-order valence-corrected chi connectivity index (χ4v) is 3.18. The number of hydrogen-bond donors (Lipinski definition) is 0. The van der Waals surface area contributed by atoms with E-state index in [1.165, 1.54) is 0 Å². The van der Waals surface area contributed by atoms with Crippen LogP contribution in [0.5, 0.6) is 0 Å². The largest absolute Gasteiger partial charge is 0.378 e. The van der Waals surface area contributed by atoms with E-state index in [4.69, 9.17) is 9.84 Å². The SMILES string of the molecule is O=C(c1cn(Cc2ccccc2)nc1-c1ccccc1)N1CCOCC1. The Hall–Kier alpha value is -2.92. The van der Waals surface area contributed by atoms with Crippen LogP contribution in [0.15, 0.2) is 66.9 Å². The van der Waals surface area contributed by atoms with Crippen LogP contribution in [0.3, 0.4) is 0 Å². The molecular weight excluding hydrogens is 326 g/mol. The monoisotopic (exact) mass is 347 g/mol. The van der Waals surface area contributed by atoms with Gasteiger partial charge in [0.2, 0.25) is 0 Å². The van der Waals surface area contributed by atoms with E-state index in [0.717, 1.165) is 16.8 Å². The van der Waals surface area contributed by atoms with Gasteiger partial charge in [-0.2, -0.15) is 5.10 Å². The van der Waals surface area contributed by atoms with E-state index in [9.17, 15) is 4.79 Å². The Labute approximate surface area is 152 Å². The van der Waals surface area contributed by atoms with Crippen LogP contribution in [0, 0.1) is 0 Å². The lowest BCUT2D eigenvalue weighted by Gasteiger charge is -2.26. The number of rotatable bonds is 4. The van der Waals surface area contributed by atoms with Gasteiger partial charge in [0.15, 0.2) is 0 Å². The molecule has 4 rings (SSSR count). The quantitative estimate of drug-likeness (QED) is 0.729. The van der Waals surface area contributed by atoms with Gasteiger partial charge in [-0.1, -0.05) is 60.7 Å². The Kier molecular flexibility index (Phi) is 4.80. The molecule has 0 saturated carbocycles. The normalized spacial score (nSPS) is 14.4. The van der Waals surface area contributed by atoms with Crippen LogP contribution < -0.4 is 0 Å². The topological polar surface area (TPSA) is 47.4 Å². The van der Waals surface area contributed by atoms with E-state index in [0.29, 0.717) is 38.4 Å². The minimum atomic E-state index is 0.0199. The number of morpholine rings is 1. The van der Waals surface area contributed by atoms with Crippen LogP contribution >= 0.6 is 0 Å². The van der Waals surface area contributed by atoms with Gasteiger partial charge in [-0.3, -0.25) is 9.48 Å². The molecular formula is C21H21N3O2. The van der Waals surface area contributed by atoms with Gasteiger partial charge in [0, 0.05) is 24.8 Å². The van der Waals surface area contributed by atoms with Crippen molar-refractivity contribution in [2.75, 3.05) is 26.3 Å². The van der Waals surface area contributed by atoms with Gasteiger partial charge in [0.25, 0.3) is 5.91 Å². The van der Waals surface area contributed by atoms with Gasteiger partial charge in [0.05, 0.1) is 25.3 Å². The zero-order chi connectivity index (χ0) is 17.8. The lowest BCUT2D eigenvalue weighted by Crippen LogP contribution is -2.40. The summed E-state index contributed by atoms with van der Waals surface area (Å²) in [4.78, 5) is 14.9. The van der Waals surface area contributed by atoms with E-state index in [1.807, 2.05) is 64.3 Å². The summed E-state index contributed by atoms with van der Waals surface area (Å²) in [5.41, 5.74) is 3.49. The molecule has 0 atom stereocenters. The van der Waals surface area contributed by atoms with Crippen molar-refractivity contribution in [2.45, 2.75) is 6.54 Å². The molecule has 132 valence electrons. The maximum absolute atomic E-state index is 13.1. The first-order valence-corrected chi connectivity index (χ1v) is 8.85. The van der Waals surface area contributed by atoms with Crippen molar-refractivity contribution in [1.82, 2.24) is 14.7 Å². The van der Waals surface area contributed by atoms with Crippen LogP contribution in [0.25, 0.3) is 11.3 Å². The molecule has 0 aliphatic carbocycles. The first-order chi connectivity index (χ1) is 12.8. The Morgan fingerprint density at radius 3 is 2.31 bits per heavy atom. The van der Waals surface area contributed by atoms with Crippen LogP contribution in [0.4, 0.5) is 0 Å². The van der Waals surface area contributed by atoms with Gasteiger partial charge < -0.3 is 9.64 Å². The smallest absolute Gasteiger partial charge is 0.257 e. The second kappa shape index (κ2) is 7.54. The molecule has 0 spiro atoms. The highest BCUT2D eigenvalue weighted by molar-refractivity contribution is 5.99. The van der Waals surface area contributed by atoms with Crippen molar-refractivity contribution in [1.29, 1.82) is 0 Å². The van der Waals surface area contributed by atoms with Gasteiger partial charge in [0.1, 0.15) is 5.69 Å². The molecule has 2 heterocycles. The third-order valence-corrected chi connectivity index (χ3v) is 4.53. The predicted molar refractivity (Wildman–Crippen MR) is 99.9 cm³/mol. The average Bonchev–Trinajstić information content (AvgIpc) is 3.13. The van der Waals surface area contributed by atoms with E-state index in [-0.39, 0.29) is 5.91 Å².